The summed E-state index contributed by atoms with van der Waals surface area (Å²) in [5, 5.41) is 5.14. The molecule has 1 fully saturated rings. The molecule has 1 saturated heterocycles. The van der Waals surface area contributed by atoms with Gasteiger partial charge >= 0.3 is 0 Å². The molecule has 1 aliphatic rings. The molecule has 0 bridgehead atoms. The van der Waals surface area contributed by atoms with E-state index in [1.807, 2.05) is 30.3 Å². The van der Waals surface area contributed by atoms with Gasteiger partial charge in [0.15, 0.2) is 11.5 Å². The number of fused-ring (bicyclic) bond motifs is 1. The number of methoxy groups -OCH3 is 2. The van der Waals surface area contributed by atoms with Crippen molar-refractivity contribution in [3.05, 3.63) is 64.6 Å². The molecule has 1 atom stereocenters. The van der Waals surface area contributed by atoms with E-state index in [1.165, 1.54) is 18.9 Å². The molecule has 0 unspecified atom stereocenters. The molecule has 4 rings (SSSR count). The first-order valence-electron chi connectivity index (χ1n) is 9.67. The molecule has 0 spiro atoms. The van der Waals surface area contributed by atoms with Gasteiger partial charge in [0.2, 0.25) is 5.91 Å². The lowest BCUT2D eigenvalue weighted by atomic mass is 10.1. The van der Waals surface area contributed by atoms with Gasteiger partial charge in [-0.25, -0.2) is 4.68 Å². The summed E-state index contributed by atoms with van der Waals surface area (Å²) in [7, 11) is 2.98. The largest absolute Gasteiger partial charge is 0.493 e. The maximum Gasteiger partial charge on any atom is 0.279 e. The molecule has 30 heavy (non-hydrogen) atoms. The molecule has 0 saturated carbocycles. The minimum Gasteiger partial charge on any atom is -0.493 e. The molecule has 3 aromatic rings. The highest BCUT2D eigenvalue weighted by Gasteiger charge is 2.26. The Bertz CT molecular complexity index is 1110. The first kappa shape index (κ1) is 19.9. The number of amides is 1. The van der Waals surface area contributed by atoms with E-state index >= 15 is 0 Å². The Morgan fingerprint density at radius 3 is 2.70 bits per heavy atom. The van der Waals surface area contributed by atoms with Gasteiger partial charge in [0, 0.05) is 11.9 Å². The third kappa shape index (κ3) is 3.73. The second kappa shape index (κ2) is 8.54. The van der Waals surface area contributed by atoms with Gasteiger partial charge in [-0.15, -0.1) is 0 Å². The molecule has 8 heteroatoms. The van der Waals surface area contributed by atoms with Crippen LogP contribution in [0.1, 0.15) is 11.7 Å². The van der Waals surface area contributed by atoms with Gasteiger partial charge in [-0.3, -0.25) is 9.59 Å². The third-order valence-electron chi connectivity index (χ3n) is 5.24. The number of rotatable bonds is 5. The highest BCUT2D eigenvalue weighted by Crippen LogP contribution is 2.32. The first-order valence-corrected chi connectivity index (χ1v) is 9.67. The van der Waals surface area contributed by atoms with Crippen molar-refractivity contribution < 1.29 is 19.0 Å². The van der Waals surface area contributed by atoms with E-state index in [0.29, 0.717) is 42.0 Å². The van der Waals surface area contributed by atoms with Gasteiger partial charge in [-0.05, 0) is 17.7 Å². The van der Waals surface area contributed by atoms with Crippen LogP contribution in [0.5, 0.6) is 11.5 Å². The maximum absolute atomic E-state index is 13.0. The molecule has 0 N–H and O–H groups in total. The van der Waals surface area contributed by atoms with Crippen LogP contribution in [-0.4, -0.2) is 54.5 Å². The average Bonchev–Trinajstić information content (AvgIpc) is 2.80. The van der Waals surface area contributed by atoms with Crippen LogP contribution in [0.4, 0.5) is 0 Å². The van der Waals surface area contributed by atoms with Gasteiger partial charge in [-0.2, -0.15) is 5.10 Å². The Morgan fingerprint density at radius 2 is 1.97 bits per heavy atom. The summed E-state index contributed by atoms with van der Waals surface area (Å²) in [5.74, 6) is 0.596. The number of aromatic nitrogens is 2. The number of ether oxygens (including phenoxy) is 3. The minimum atomic E-state index is -0.399. The fourth-order valence-corrected chi connectivity index (χ4v) is 3.67. The quantitative estimate of drug-likeness (QED) is 0.641. The predicted octanol–water partition coefficient (Wildman–Crippen LogP) is 2.01. The molecule has 156 valence electrons. The number of carbonyl (C=O) groups excluding carboxylic acids is 1. The minimum absolute atomic E-state index is 0.156. The van der Waals surface area contributed by atoms with Crippen molar-refractivity contribution in [3.63, 3.8) is 0 Å². The third-order valence-corrected chi connectivity index (χ3v) is 5.24. The average molecular weight is 409 g/mol. The van der Waals surface area contributed by atoms with E-state index in [9.17, 15) is 9.59 Å². The van der Waals surface area contributed by atoms with Crippen LogP contribution in [-0.2, 0) is 16.1 Å². The highest BCUT2D eigenvalue weighted by molar-refractivity contribution is 5.89. The van der Waals surface area contributed by atoms with Gasteiger partial charge in [0.25, 0.3) is 5.56 Å². The van der Waals surface area contributed by atoms with Crippen molar-refractivity contribution in [1.29, 1.82) is 0 Å². The van der Waals surface area contributed by atoms with Crippen LogP contribution in [0.15, 0.2) is 53.5 Å². The summed E-state index contributed by atoms with van der Waals surface area (Å²) in [5.41, 5.74) is 0.622. The number of benzene rings is 2. The summed E-state index contributed by atoms with van der Waals surface area (Å²) in [6.07, 6.45) is 1.37. The Hall–Kier alpha value is -3.39. The number of hydrogen-bond acceptors (Lipinski definition) is 6. The van der Waals surface area contributed by atoms with Gasteiger partial charge in [-0.1, -0.05) is 30.3 Å². The Kier molecular flexibility index (Phi) is 5.67. The molecule has 1 aliphatic heterocycles. The fourth-order valence-electron chi connectivity index (χ4n) is 3.67. The summed E-state index contributed by atoms with van der Waals surface area (Å²) in [6.45, 7) is 1.19. The van der Waals surface area contributed by atoms with E-state index in [-0.39, 0.29) is 18.6 Å². The summed E-state index contributed by atoms with van der Waals surface area (Å²) in [4.78, 5) is 27.7. The second-order valence-electron chi connectivity index (χ2n) is 6.98. The second-order valence-corrected chi connectivity index (χ2v) is 6.98. The zero-order valence-electron chi connectivity index (χ0n) is 16.9. The number of morpholine rings is 1. The van der Waals surface area contributed by atoms with Crippen molar-refractivity contribution in [2.24, 2.45) is 0 Å². The summed E-state index contributed by atoms with van der Waals surface area (Å²) < 4.78 is 17.7. The molecule has 1 aromatic heterocycles. The van der Waals surface area contributed by atoms with E-state index < -0.39 is 5.56 Å². The molecule has 8 nitrogen and oxygen atoms in total. The van der Waals surface area contributed by atoms with Crippen molar-refractivity contribution in [2.45, 2.75) is 12.6 Å². The first-order chi connectivity index (χ1) is 14.6. The normalized spacial score (nSPS) is 16.5. The van der Waals surface area contributed by atoms with Crippen molar-refractivity contribution in [3.8, 4) is 11.5 Å². The molecule has 1 amide bonds. The van der Waals surface area contributed by atoms with Gasteiger partial charge < -0.3 is 19.1 Å². The van der Waals surface area contributed by atoms with Crippen LogP contribution in [0, 0.1) is 0 Å². The van der Waals surface area contributed by atoms with Gasteiger partial charge in [0.1, 0.15) is 12.6 Å². The summed E-state index contributed by atoms with van der Waals surface area (Å²) in [6, 6.07) is 13.2. The lowest BCUT2D eigenvalue weighted by Crippen LogP contribution is -2.45. The highest BCUT2D eigenvalue weighted by atomic mass is 16.5. The van der Waals surface area contributed by atoms with Crippen LogP contribution < -0.4 is 15.0 Å². The molecular formula is C22H23N3O5. The Labute approximate surface area is 173 Å². The van der Waals surface area contributed by atoms with Crippen LogP contribution in [0.25, 0.3) is 10.8 Å². The van der Waals surface area contributed by atoms with Gasteiger partial charge in [0.05, 0.1) is 39.0 Å². The monoisotopic (exact) mass is 409 g/mol. The molecule has 2 heterocycles. The van der Waals surface area contributed by atoms with Crippen molar-refractivity contribution in [2.75, 3.05) is 33.9 Å². The van der Waals surface area contributed by atoms with Crippen LogP contribution in [0.3, 0.4) is 0 Å². The van der Waals surface area contributed by atoms with Crippen LogP contribution >= 0.6 is 0 Å². The fraction of sp³-hybridized carbons (Fsp3) is 0.318. The van der Waals surface area contributed by atoms with E-state index in [2.05, 4.69) is 5.10 Å². The Morgan fingerprint density at radius 1 is 1.17 bits per heavy atom. The number of carbonyl (C=O) groups is 1. The topological polar surface area (TPSA) is 82.9 Å². The molecule has 2 aromatic carbocycles. The molecular weight excluding hydrogens is 386 g/mol. The zero-order valence-corrected chi connectivity index (χ0v) is 16.9. The standard InChI is InChI=1S/C22H23N3O5/c1-28-17-9-8-16-12-23-25(22(27)20(16)21(17)29-2)14-19(26)24-10-11-30-18(13-24)15-6-4-3-5-7-15/h3-9,12,18H,10-11,13-14H2,1-2H3/t18-/m1/s1. The van der Waals surface area contributed by atoms with Crippen LogP contribution in [0.2, 0.25) is 0 Å². The Balaban J connectivity index is 1.58. The van der Waals surface area contributed by atoms with E-state index in [0.717, 1.165) is 5.56 Å². The molecule has 0 aliphatic carbocycles. The smallest absolute Gasteiger partial charge is 0.279 e. The number of nitrogens with zero attached hydrogens (tertiary/aromatic N) is 3. The zero-order chi connectivity index (χ0) is 21.1. The lowest BCUT2D eigenvalue weighted by molar-refractivity contribution is -0.139. The summed E-state index contributed by atoms with van der Waals surface area (Å²) >= 11 is 0. The van der Waals surface area contributed by atoms with Crippen molar-refractivity contribution >= 4 is 16.7 Å². The number of hydrogen-bond donors (Lipinski definition) is 0. The molecule has 0 radical (unpaired) electrons. The predicted molar refractivity (Wildman–Crippen MR) is 111 cm³/mol. The van der Waals surface area contributed by atoms with E-state index in [1.54, 1.807) is 23.2 Å². The SMILES string of the molecule is COc1ccc2cnn(CC(=O)N3CCO[C@@H](c4ccccc4)C3)c(=O)c2c1OC. The maximum atomic E-state index is 13.0. The van der Waals surface area contributed by atoms with E-state index in [4.69, 9.17) is 14.2 Å². The lowest BCUT2D eigenvalue weighted by Gasteiger charge is -2.33. The van der Waals surface area contributed by atoms with Crippen molar-refractivity contribution in [1.82, 2.24) is 14.7 Å².